The number of nitrogens with zero attached hydrogens (tertiary/aromatic N) is 4. The largest absolute Gasteiger partial charge is 0.496 e. The SMILES string of the molecule is CCC[C@@H](CCO[Si](c1ccccc1)(c1ccccc1)C(C)(C)C)Nc1nc(N)nc2c(C)nn(Cc3ccc(CNC4CCOCC4)cc3OC)c12. The number of anilines is 2. The minimum Gasteiger partial charge on any atom is -0.496 e. The third-order valence-electron chi connectivity index (χ3n) is 10.4. The molecule has 10 nitrogen and oxygen atoms in total. The third-order valence-corrected chi connectivity index (χ3v) is 15.5. The predicted octanol–water partition coefficient (Wildman–Crippen LogP) is 6.59. The third kappa shape index (κ3) is 8.75. The van der Waals surface area contributed by atoms with Gasteiger partial charge in [0.15, 0.2) is 5.82 Å². The summed E-state index contributed by atoms with van der Waals surface area (Å²) in [6.45, 7) is 14.6. The van der Waals surface area contributed by atoms with Crippen LogP contribution in [0.1, 0.15) is 76.6 Å². The van der Waals surface area contributed by atoms with Crippen molar-refractivity contribution < 1.29 is 13.9 Å². The Labute approximate surface area is 316 Å². The number of rotatable bonds is 16. The van der Waals surface area contributed by atoms with Crippen LogP contribution in [0, 0.1) is 6.92 Å². The van der Waals surface area contributed by atoms with Crippen molar-refractivity contribution in [3.63, 3.8) is 0 Å². The van der Waals surface area contributed by atoms with E-state index < -0.39 is 8.32 Å². The maximum Gasteiger partial charge on any atom is 0.261 e. The first-order valence-corrected chi connectivity index (χ1v) is 21.0. The second-order valence-corrected chi connectivity index (χ2v) is 19.5. The normalized spacial score (nSPS) is 14.8. The standard InChI is InChI=1S/C42H57N7O3Si/c1-7-14-34(23-26-52-53(42(3,4)5,35-15-10-8-11-16-35)36-17-12-9-13-18-36)45-40-39-38(46-41(43)47-40)30(2)48-49(39)29-32-20-19-31(27-37(32)50-6)28-44-33-21-24-51-25-22-33/h8-13,15-20,27,33-34,44H,7,14,21-26,28-29H2,1-6H3,(H3,43,45,46,47)/t34-/m0/s1. The molecule has 0 saturated carbocycles. The number of fused-ring (bicyclic) bond motifs is 1. The molecule has 0 spiro atoms. The van der Waals surface area contributed by atoms with Gasteiger partial charge in [-0.1, -0.05) is 107 Å². The van der Waals surface area contributed by atoms with Gasteiger partial charge in [-0.25, -0.2) is 4.98 Å². The molecule has 3 heterocycles. The molecule has 0 unspecified atom stereocenters. The molecule has 1 aliphatic rings. The van der Waals surface area contributed by atoms with Gasteiger partial charge >= 0.3 is 0 Å². The van der Waals surface area contributed by atoms with E-state index >= 15 is 0 Å². The van der Waals surface area contributed by atoms with Crippen molar-refractivity contribution >= 4 is 41.5 Å². The first-order chi connectivity index (χ1) is 25.6. The Bertz CT molecular complexity index is 1890. The molecular formula is C42H57N7O3Si. The van der Waals surface area contributed by atoms with Gasteiger partial charge in [0.05, 0.1) is 19.3 Å². The van der Waals surface area contributed by atoms with E-state index in [0.29, 0.717) is 25.0 Å². The lowest BCUT2D eigenvalue weighted by molar-refractivity contribution is 0.0776. The van der Waals surface area contributed by atoms with E-state index in [4.69, 9.17) is 29.7 Å². The molecule has 0 aliphatic carbocycles. The van der Waals surface area contributed by atoms with Crippen LogP contribution >= 0.6 is 0 Å². The lowest BCUT2D eigenvalue weighted by atomic mass is 10.1. The van der Waals surface area contributed by atoms with Crippen LogP contribution in [0.3, 0.4) is 0 Å². The van der Waals surface area contributed by atoms with Crippen LogP contribution in [0.15, 0.2) is 78.9 Å². The number of nitrogens with one attached hydrogen (secondary N) is 2. The fourth-order valence-corrected chi connectivity index (χ4v) is 12.3. The van der Waals surface area contributed by atoms with Crippen LogP contribution in [-0.2, 0) is 22.3 Å². The van der Waals surface area contributed by atoms with Gasteiger partial charge in [0, 0.05) is 44.0 Å². The highest BCUT2D eigenvalue weighted by molar-refractivity contribution is 6.99. The van der Waals surface area contributed by atoms with E-state index in [9.17, 15) is 0 Å². The van der Waals surface area contributed by atoms with Crippen LogP contribution in [0.25, 0.3) is 11.0 Å². The maximum atomic E-state index is 7.29. The molecule has 1 fully saturated rings. The topological polar surface area (TPSA) is 121 Å². The number of nitrogens with two attached hydrogens (primary N) is 1. The van der Waals surface area contributed by atoms with Gasteiger partial charge in [-0.05, 0) is 59.6 Å². The molecule has 6 rings (SSSR count). The Kier molecular flexibility index (Phi) is 12.5. The Morgan fingerprint density at radius 2 is 1.64 bits per heavy atom. The minimum absolute atomic E-state index is 0.0939. The molecule has 2 aromatic heterocycles. The fraction of sp³-hybridized carbons (Fsp3) is 0.452. The summed E-state index contributed by atoms with van der Waals surface area (Å²) in [6, 6.07) is 28.6. The molecule has 3 aromatic carbocycles. The molecule has 1 atom stereocenters. The van der Waals surface area contributed by atoms with Crippen molar-refractivity contribution in [2.24, 2.45) is 0 Å². The molecule has 0 bridgehead atoms. The summed E-state index contributed by atoms with van der Waals surface area (Å²) in [7, 11) is -0.945. The summed E-state index contributed by atoms with van der Waals surface area (Å²) in [5.74, 6) is 1.74. The number of ether oxygens (including phenoxy) is 2. The molecule has 5 aromatic rings. The Morgan fingerprint density at radius 1 is 0.962 bits per heavy atom. The smallest absolute Gasteiger partial charge is 0.261 e. The van der Waals surface area contributed by atoms with Gasteiger partial charge < -0.3 is 30.3 Å². The summed E-state index contributed by atoms with van der Waals surface area (Å²) >= 11 is 0. The summed E-state index contributed by atoms with van der Waals surface area (Å²) in [4.78, 5) is 9.41. The maximum absolute atomic E-state index is 7.29. The van der Waals surface area contributed by atoms with Crippen molar-refractivity contribution in [2.45, 2.75) is 96.9 Å². The van der Waals surface area contributed by atoms with Gasteiger partial charge in [0.25, 0.3) is 8.32 Å². The Hall–Kier alpha value is -4.29. The first kappa shape index (κ1) is 38.4. The van der Waals surface area contributed by atoms with Crippen molar-refractivity contribution in [1.29, 1.82) is 0 Å². The number of methoxy groups -OCH3 is 1. The van der Waals surface area contributed by atoms with Crippen LogP contribution in [-0.4, -0.2) is 67.1 Å². The highest BCUT2D eigenvalue weighted by atomic mass is 28.4. The van der Waals surface area contributed by atoms with Gasteiger partial charge in [0.2, 0.25) is 5.95 Å². The van der Waals surface area contributed by atoms with Gasteiger partial charge in [-0.2, -0.15) is 10.1 Å². The number of hydrogen-bond donors (Lipinski definition) is 3. The zero-order valence-electron chi connectivity index (χ0n) is 32.3. The van der Waals surface area contributed by atoms with Gasteiger partial charge in [-0.3, -0.25) is 4.68 Å². The van der Waals surface area contributed by atoms with E-state index in [2.05, 4.69) is 122 Å². The summed E-state index contributed by atoms with van der Waals surface area (Å²) in [5.41, 5.74) is 10.9. The number of hydrogen-bond acceptors (Lipinski definition) is 9. The molecule has 282 valence electrons. The molecule has 4 N–H and O–H groups in total. The number of aromatic nitrogens is 4. The Balaban J connectivity index is 1.25. The molecule has 11 heteroatoms. The van der Waals surface area contributed by atoms with Crippen LogP contribution in [0.2, 0.25) is 5.04 Å². The van der Waals surface area contributed by atoms with E-state index in [1.54, 1.807) is 7.11 Å². The molecule has 0 radical (unpaired) electrons. The molecular weight excluding hydrogens is 679 g/mol. The molecule has 1 aliphatic heterocycles. The fourth-order valence-electron chi connectivity index (χ4n) is 7.76. The van der Waals surface area contributed by atoms with Crippen LogP contribution < -0.4 is 31.5 Å². The van der Waals surface area contributed by atoms with E-state index in [1.165, 1.54) is 15.9 Å². The van der Waals surface area contributed by atoms with Crippen molar-refractivity contribution in [2.75, 3.05) is 38.0 Å². The predicted molar refractivity (Wildman–Crippen MR) is 218 cm³/mol. The van der Waals surface area contributed by atoms with Crippen molar-refractivity contribution in [3.05, 3.63) is 95.7 Å². The zero-order chi connectivity index (χ0) is 37.4. The van der Waals surface area contributed by atoms with Crippen molar-refractivity contribution in [3.8, 4) is 5.75 Å². The zero-order valence-corrected chi connectivity index (χ0v) is 33.3. The van der Waals surface area contributed by atoms with Crippen LogP contribution in [0.4, 0.5) is 11.8 Å². The van der Waals surface area contributed by atoms with Crippen LogP contribution in [0.5, 0.6) is 5.75 Å². The van der Waals surface area contributed by atoms with Gasteiger partial charge in [-0.15, -0.1) is 0 Å². The number of benzene rings is 3. The Morgan fingerprint density at radius 3 is 2.26 bits per heavy atom. The second kappa shape index (κ2) is 17.2. The first-order valence-electron chi connectivity index (χ1n) is 19.1. The minimum atomic E-state index is -2.67. The van der Waals surface area contributed by atoms with Crippen molar-refractivity contribution in [1.82, 2.24) is 25.1 Å². The highest BCUT2D eigenvalue weighted by Crippen LogP contribution is 2.37. The highest BCUT2D eigenvalue weighted by Gasteiger charge is 2.50. The van der Waals surface area contributed by atoms with E-state index in [0.717, 1.165) is 79.9 Å². The number of aryl methyl sites for hydroxylation is 1. The molecule has 1 saturated heterocycles. The van der Waals surface area contributed by atoms with E-state index in [1.807, 2.05) is 11.6 Å². The lowest BCUT2D eigenvalue weighted by Gasteiger charge is -2.43. The summed E-state index contributed by atoms with van der Waals surface area (Å²) in [5, 5.41) is 14.9. The quantitative estimate of drug-likeness (QED) is 0.0965. The molecule has 0 amide bonds. The summed E-state index contributed by atoms with van der Waals surface area (Å²) < 4.78 is 20.7. The number of nitrogen functional groups attached to an aromatic ring is 1. The summed E-state index contributed by atoms with van der Waals surface area (Å²) in [6.07, 6.45) is 4.83. The van der Waals surface area contributed by atoms with E-state index in [-0.39, 0.29) is 17.0 Å². The molecule has 53 heavy (non-hydrogen) atoms. The lowest BCUT2D eigenvalue weighted by Crippen LogP contribution is -2.66. The monoisotopic (exact) mass is 735 g/mol. The second-order valence-electron chi connectivity index (χ2n) is 15.2. The van der Waals surface area contributed by atoms with Gasteiger partial charge in [0.1, 0.15) is 16.8 Å². The average molecular weight is 736 g/mol. The average Bonchev–Trinajstić information content (AvgIpc) is 3.47.